The maximum Gasteiger partial charge on any atom is 0.294 e. The summed E-state index contributed by atoms with van der Waals surface area (Å²) in [7, 11) is -4.16. The van der Waals surface area contributed by atoms with E-state index in [-0.39, 0.29) is 4.90 Å². The number of hydrogen-bond acceptors (Lipinski definition) is 3. The van der Waals surface area contributed by atoms with Crippen molar-refractivity contribution in [3.8, 4) is 11.5 Å². The number of benzene rings is 2. The van der Waals surface area contributed by atoms with Crippen LogP contribution >= 0.6 is 15.9 Å². The lowest BCUT2D eigenvalue weighted by Crippen LogP contribution is -1.97. The minimum atomic E-state index is -4.16. The van der Waals surface area contributed by atoms with Gasteiger partial charge in [0.2, 0.25) is 0 Å². The van der Waals surface area contributed by atoms with E-state index in [4.69, 9.17) is 9.29 Å². The topological polar surface area (TPSA) is 63.6 Å². The van der Waals surface area contributed by atoms with Crippen molar-refractivity contribution < 1.29 is 17.7 Å². The molecule has 0 fully saturated rings. The first-order valence-electron chi connectivity index (χ1n) is 4.96. The number of halogens is 1. The molecule has 2 aromatic rings. The van der Waals surface area contributed by atoms with Gasteiger partial charge in [-0.15, -0.1) is 0 Å². The zero-order chi connectivity index (χ0) is 13.2. The number of rotatable bonds is 3. The molecule has 0 heterocycles. The Hall–Kier alpha value is -1.37. The van der Waals surface area contributed by atoms with Crippen LogP contribution in [0.25, 0.3) is 0 Å². The number of ether oxygens (including phenoxy) is 1. The molecular weight excluding hydrogens is 320 g/mol. The van der Waals surface area contributed by atoms with E-state index in [0.29, 0.717) is 11.5 Å². The average Bonchev–Trinajstić information content (AvgIpc) is 2.32. The summed E-state index contributed by atoms with van der Waals surface area (Å²) in [6, 6.07) is 12.7. The molecule has 0 aromatic heterocycles. The Balaban J connectivity index is 2.18. The Labute approximate surface area is 113 Å². The molecule has 0 amide bonds. The molecule has 0 aliphatic carbocycles. The van der Waals surface area contributed by atoms with Crippen LogP contribution in [0.4, 0.5) is 0 Å². The lowest BCUT2D eigenvalue weighted by atomic mass is 10.3. The van der Waals surface area contributed by atoms with Crippen molar-refractivity contribution in [2.45, 2.75) is 4.90 Å². The van der Waals surface area contributed by atoms with Crippen LogP contribution < -0.4 is 4.74 Å². The van der Waals surface area contributed by atoms with Gasteiger partial charge in [-0.3, -0.25) is 4.55 Å². The molecule has 4 nitrogen and oxygen atoms in total. The van der Waals surface area contributed by atoms with Gasteiger partial charge in [-0.1, -0.05) is 15.9 Å². The second kappa shape index (κ2) is 5.09. The molecule has 2 rings (SSSR count). The Bertz CT molecular complexity index is 633. The molecule has 0 bridgehead atoms. The van der Waals surface area contributed by atoms with Gasteiger partial charge in [0.25, 0.3) is 10.1 Å². The van der Waals surface area contributed by atoms with Gasteiger partial charge in [0.15, 0.2) is 0 Å². The van der Waals surface area contributed by atoms with Crippen LogP contribution in [-0.2, 0) is 10.1 Å². The molecule has 0 atom stereocenters. The van der Waals surface area contributed by atoms with Crippen molar-refractivity contribution in [1.29, 1.82) is 0 Å². The lowest BCUT2D eigenvalue weighted by Gasteiger charge is -2.06. The van der Waals surface area contributed by atoms with E-state index >= 15 is 0 Å². The van der Waals surface area contributed by atoms with Crippen molar-refractivity contribution in [3.05, 3.63) is 53.0 Å². The van der Waals surface area contributed by atoms with E-state index < -0.39 is 10.1 Å². The lowest BCUT2D eigenvalue weighted by molar-refractivity contribution is 0.478. The summed E-state index contributed by atoms with van der Waals surface area (Å²) in [5.74, 6) is 1.13. The highest BCUT2D eigenvalue weighted by Crippen LogP contribution is 2.24. The minimum Gasteiger partial charge on any atom is -0.457 e. The fourth-order valence-corrected chi connectivity index (χ4v) is 2.06. The van der Waals surface area contributed by atoms with Crippen LogP contribution in [0.2, 0.25) is 0 Å². The van der Waals surface area contributed by atoms with Gasteiger partial charge >= 0.3 is 0 Å². The molecule has 0 saturated heterocycles. The second-order valence-electron chi connectivity index (χ2n) is 3.50. The second-order valence-corrected chi connectivity index (χ2v) is 5.84. The summed E-state index contributed by atoms with van der Waals surface area (Å²) in [6.45, 7) is 0. The summed E-state index contributed by atoms with van der Waals surface area (Å²) in [6.07, 6.45) is 0. The van der Waals surface area contributed by atoms with Gasteiger partial charge in [0, 0.05) is 4.47 Å². The predicted molar refractivity (Wildman–Crippen MR) is 70.5 cm³/mol. The molecule has 0 aliphatic rings. The summed E-state index contributed by atoms with van der Waals surface area (Å²) >= 11 is 3.31. The zero-order valence-electron chi connectivity index (χ0n) is 9.08. The first kappa shape index (κ1) is 13.1. The largest absolute Gasteiger partial charge is 0.457 e. The first-order valence-corrected chi connectivity index (χ1v) is 7.19. The maximum absolute atomic E-state index is 10.8. The van der Waals surface area contributed by atoms with Gasteiger partial charge in [-0.2, -0.15) is 8.42 Å². The smallest absolute Gasteiger partial charge is 0.294 e. The molecule has 0 unspecified atom stereocenters. The quantitative estimate of drug-likeness (QED) is 0.876. The van der Waals surface area contributed by atoms with Gasteiger partial charge in [0.05, 0.1) is 4.90 Å². The highest BCUT2D eigenvalue weighted by Gasteiger charge is 2.08. The molecule has 94 valence electrons. The summed E-state index contributed by atoms with van der Waals surface area (Å²) < 4.78 is 37.0. The van der Waals surface area contributed by atoms with Crippen LogP contribution in [0.15, 0.2) is 57.9 Å². The summed E-state index contributed by atoms with van der Waals surface area (Å²) in [5.41, 5.74) is 0. The third kappa shape index (κ3) is 3.32. The van der Waals surface area contributed by atoms with Crippen molar-refractivity contribution in [3.63, 3.8) is 0 Å². The molecule has 1 N–H and O–H groups in total. The molecule has 0 aliphatic heterocycles. The third-order valence-electron chi connectivity index (χ3n) is 2.17. The van der Waals surface area contributed by atoms with Crippen LogP contribution in [0.1, 0.15) is 0 Å². The molecule has 0 spiro atoms. The zero-order valence-corrected chi connectivity index (χ0v) is 11.5. The molecule has 6 heteroatoms. The van der Waals surface area contributed by atoms with Crippen LogP contribution in [0.5, 0.6) is 11.5 Å². The van der Waals surface area contributed by atoms with E-state index in [1.165, 1.54) is 24.3 Å². The Morgan fingerprint density at radius 2 is 1.33 bits per heavy atom. The van der Waals surface area contributed by atoms with Gasteiger partial charge < -0.3 is 4.74 Å². The maximum atomic E-state index is 10.8. The van der Waals surface area contributed by atoms with E-state index in [1.54, 1.807) is 12.1 Å². The van der Waals surface area contributed by atoms with Gasteiger partial charge in [-0.05, 0) is 48.5 Å². The molecular formula is C12H9BrO4S. The third-order valence-corrected chi connectivity index (χ3v) is 3.57. The monoisotopic (exact) mass is 328 g/mol. The molecule has 0 saturated carbocycles. The fraction of sp³-hybridized carbons (Fsp3) is 0. The highest BCUT2D eigenvalue weighted by molar-refractivity contribution is 9.10. The van der Waals surface area contributed by atoms with Crippen molar-refractivity contribution in [2.75, 3.05) is 0 Å². The normalized spacial score (nSPS) is 11.2. The first-order chi connectivity index (χ1) is 8.45. The molecule has 0 radical (unpaired) electrons. The van der Waals surface area contributed by atoms with Gasteiger partial charge in [-0.25, -0.2) is 0 Å². The Morgan fingerprint density at radius 1 is 0.889 bits per heavy atom. The van der Waals surface area contributed by atoms with Crippen LogP contribution in [-0.4, -0.2) is 13.0 Å². The molecule has 18 heavy (non-hydrogen) atoms. The summed E-state index contributed by atoms with van der Waals surface area (Å²) in [5, 5.41) is 0. The van der Waals surface area contributed by atoms with Crippen LogP contribution in [0, 0.1) is 0 Å². The van der Waals surface area contributed by atoms with Crippen molar-refractivity contribution in [1.82, 2.24) is 0 Å². The van der Waals surface area contributed by atoms with Crippen molar-refractivity contribution in [2.24, 2.45) is 0 Å². The van der Waals surface area contributed by atoms with E-state index in [2.05, 4.69) is 15.9 Å². The fourth-order valence-electron chi connectivity index (χ4n) is 1.32. The predicted octanol–water partition coefficient (Wildman–Crippen LogP) is 3.49. The average molecular weight is 329 g/mol. The highest BCUT2D eigenvalue weighted by atomic mass is 79.9. The van der Waals surface area contributed by atoms with Gasteiger partial charge in [0.1, 0.15) is 11.5 Å². The molecule has 2 aromatic carbocycles. The SMILES string of the molecule is O=S(=O)(O)c1ccc(Oc2ccc(Br)cc2)cc1. The summed E-state index contributed by atoms with van der Waals surface area (Å²) in [4.78, 5) is -0.161. The Kier molecular flexibility index (Phi) is 3.70. The van der Waals surface area contributed by atoms with E-state index in [1.807, 2.05) is 12.1 Å². The standard InChI is InChI=1S/C12H9BrO4S/c13-9-1-3-10(4-2-9)17-11-5-7-12(8-6-11)18(14,15)16/h1-8H,(H,14,15,16). The van der Waals surface area contributed by atoms with Crippen molar-refractivity contribution >= 4 is 26.0 Å². The van der Waals surface area contributed by atoms with Crippen LogP contribution in [0.3, 0.4) is 0 Å². The number of hydrogen-bond donors (Lipinski definition) is 1. The van der Waals surface area contributed by atoms with E-state index in [0.717, 1.165) is 4.47 Å². The minimum absolute atomic E-state index is 0.161. The van der Waals surface area contributed by atoms with E-state index in [9.17, 15) is 8.42 Å². The Morgan fingerprint density at radius 3 is 1.78 bits per heavy atom.